The molecule has 0 saturated carbocycles. The Kier molecular flexibility index (Phi) is 7.80. The van der Waals surface area contributed by atoms with E-state index in [0.717, 1.165) is 12.8 Å². The van der Waals surface area contributed by atoms with E-state index in [-0.39, 0.29) is 11.7 Å². The number of amides is 1. The molecular weight excluding hydrogens is 407 g/mol. The van der Waals surface area contributed by atoms with E-state index in [1.807, 2.05) is 17.9 Å². The molecule has 5 nitrogen and oxygen atoms in total. The van der Waals surface area contributed by atoms with Crippen LogP contribution in [0, 0.1) is 5.82 Å². The van der Waals surface area contributed by atoms with Crippen LogP contribution in [0.3, 0.4) is 0 Å². The molecule has 7 heteroatoms. The maximum absolute atomic E-state index is 14.0. The van der Waals surface area contributed by atoms with Crippen molar-refractivity contribution < 1.29 is 18.7 Å². The average Bonchev–Trinajstić information content (AvgIpc) is 2.75. The van der Waals surface area contributed by atoms with E-state index in [9.17, 15) is 9.18 Å². The van der Waals surface area contributed by atoms with Gasteiger partial charge in [0.15, 0.2) is 11.5 Å². The van der Waals surface area contributed by atoms with E-state index < -0.39 is 0 Å². The zero-order chi connectivity index (χ0) is 21.5. The third-order valence-corrected chi connectivity index (χ3v) is 5.34. The minimum Gasteiger partial charge on any atom is -0.490 e. The first-order chi connectivity index (χ1) is 14.5. The first-order valence-corrected chi connectivity index (χ1v) is 10.8. The fourth-order valence-corrected chi connectivity index (χ4v) is 3.72. The molecule has 1 aliphatic rings. The smallest absolute Gasteiger partial charge is 0.254 e. The van der Waals surface area contributed by atoms with Gasteiger partial charge in [-0.25, -0.2) is 4.39 Å². The molecule has 0 spiro atoms. The van der Waals surface area contributed by atoms with E-state index in [1.54, 1.807) is 29.2 Å². The molecule has 1 fully saturated rings. The molecule has 0 unspecified atom stereocenters. The quantitative estimate of drug-likeness (QED) is 0.547. The summed E-state index contributed by atoms with van der Waals surface area (Å²) < 4.78 is 25.5. The van der Waals surface area contributed by atoms with Gasteiger partial charge in [-0.3, -0.25) is 4.79 Å². The van der Waals surface area contributed by atoms with Gasteiger partial charge in [0, 0.05) is 31.7 Å². The Morgan fingerprint density at radius 3 is 2.50 bits per heavy atom. The van der Waals surface area contributed by atoms with Crippen LogP contribution in [-0.2, 0) is 0 Å². The zero-order valence-corrected chi connectivity index (χ0v) is 18.3. The lowest BCUT2D eigenvalue weighted by Gasteiger charge is -2.36. The molecule has 1 amide bonds. The molecule has 0 radical (unpaired) electrons. The number of piperazine rings is 1. The molecule has 0 aromatic heterocycles. The third-order valence-electron chi connectivity index (χ3n) is 5.06. The average molecular weight is 435 g/mol. The van der Waals surface area contributed by atoms with Crippen molar-refractivity contribution in [1.82, 2.24) is 4.90 Å². The molecule has 162 valence electrons. The summed E-state index contributed by atoms with van der Waals surface area (Å²) in [5.41, 5.74) is 1.03. The number of para-hydroxylation sites is 1. The van der Waals surface area contributed by atoms with Crippen molar-refractivity contribution in [3.05, 3.63) is 52.8 Å². The van der Waals surface area contributed by atoms with Crippen LogP contribution in [0.1, 0.15) is 37.0 Å². The van der Waals surface area contributed by atoms with Gasteiger partial charge in [0.1, 0.15) is 5.82 Å². The second kappa shape index (κ2) is 10.5. The lowest BCUT2D eigenvalue weighted by atomic mass is 10.1. The summed E-state index contributed by atoms with van der Waals surface area (Å²) in [6, 6.07) is 10.0. The SMILES string of the molecule is CCCCOc1c(Cl)cc(C(=O)N2CCN(c3ccccc3F)CC2)cc1OCC. The molecule has 1 saturated heterocycles. The van der Waals surface area contributed by atoms with Gasteiger partial charge in [0.05, 0.1) is 23.9 Å². The van der Waals surface area contributed by atoms with Crippen molar-refractivity contribution in [1.29, 1.82) is 0 Å². The number of rotatable bonds is 8. The highest BCUT2D eigenvalue weighted by Crippen LogP contribution is 2.37. The number of nitrogens with zero attached hydrogens (tertiary/aromatic N) is 2. The second-order valence-electron chi connectivity index (χ2n) is 7.15. The number of carbonyl (C=O) groups excluding carboxylic acids is 1. The summed E-state index contributed by atoms with van der Waals surface area (Å²) in [6.45, 7) is 7.09. The summed E-state index contributed by atoms with van der Waals surface area (Å²) in [5.74, 6) is 0.595. The fraction of sp³-hybridized carbons (Fsp3) is 0.435. The molecule has 2 aromatic rings. The van der Waals surface area contributed by atoms with Crippen LogP contribution in [0.2, 0.25) is 5.02 Å². The van der Waals surface area contributed by atoms with E-state index >= 15 is 0 Å². The summed E-state index contributed by atoms with van der Waals surface area (Å²) >= 11 is 6.43. The number of benzene rings is 2. The third kappa shape index (κ3) is 5.17. The van der Waals surface area contributed by atoms with Crippen molar-refractivity contribution in [3.63, 3.8) is 0 Å². The Labute approximate surface area is 182 Å². The molecule has 3 rings (SSSR count). The van der Waals surface area contributed by atoms with Crippen LogP contribution in [0.15, 0.2) is 36.4 Å². The highest BCUT2D eigenvalue weighted by Gasteiger charge is 2.25. The van der Waals surface area contributed by atoms with Gasteiger partial charge in [0.2, 0.25) is 0 Å². The predicted molar refractivity (Wildman–Crippen MR) is 118 cm³/mol. The van der Waals surface area contributed by atoms with E-state index in [2.05, 4.69) is 6.92 Å². The molecule has 0 bridgehead atoms. The molecule has 0 atom stereocenters. The number of halogens is 2. The summed E-state index contributed by atoms with van der Waals surface area (Å²) in [7, 11) is 0. The maximum Gasteiger partial charge on any atom is 0.254 e. The van der Waals surface area contributed by atoms with Crippen LogP contribution < -0.4 is 14.4 Å². The largest absolute Gasteiger partial charge is 0.490 e. The van der Waals surface area contributed by atoms with Crippen LogP contribution in [0.4, 0.5) is 10.1 Å². The van der Waals surface area contributed by atoms with Gasteiger partial charge in [-0.05, 0) is 37.6 Å². The van der Waals surface area contributed by atoms with Crippen LogP contribution in [0.5, 0.6) is 11.5 Å². The molecule has 2 aromatic carbocycles. The number of ether oxygens (including phenoxy) is 2. The maximum atomic E-state index is 14.0. The van der Waals surface area contributed by atoms with Gasteiger partial charge in [0.25, 0.3) is 5.91 Å². The normalized spacial score (nSPS) is 14.0. The van der Waals surface area contributed by atoms with Crippen molar-refractivity contribution in [2.24, 2.45) is 0 Å². The minimum absolute atomic E-state index is 0.119. The molecule has 0 N–H and O–H groups in total. The van der Waals surface area contributed by atoms with Crippen molar-refractivity contribution >= 4 is 23.2 Å². The molecular formula is C23H28ClFN2O3. The topological polar surface area (TPSA) is 42.0 Å². The zero-order valence-electron chi connectivity index (χ0n) is 17.5. The Morgan fingerprint density at radius 2 is 1.83 bits per heavy atom. The lowest BCUT2D eigenvalue weighted by Crippen LogP contribution is -2.49. The first kappa shape index (κ1) is 22.2. The summed E-state index contributed by atoms with van der Waals surface area (Å²) in [5, 5.41) is 0.366. The van der Waals surface area contributed by atoms with Crippen molar-refractivity contribution in [2.45, 2.75) is 26.7 Å². The summed E-state index contributed by atoms with van der Waals surface area (Å²) in [4.78, 5) is 16.8. The Hall–Kier alpha value is -2.47. The van der Waals surface area contributed by atoms with Gasteiger partial charge < -0.3 is 19.3 Å². The molecule has 30 heavy (non-hydrogen) atoms. The minimum atomic E-state index is -0.246. The van der Waals surface area contributed by atoms with Crippen molar-refractivity contribution in [3.8, 4) is 11.5 Å². The summed E-state index contributed by atoms with van der Waals surface area (Å²) in [6.07, 6.45) is 1.92. The number of hydrogen-bond donors (Lipinski definition) is 0. The van der Waals surface area contributed by atoms with Crippen LogP contribution in [-0.4, -0.2) is 50.2 Å². The Morgan fingerprint density at radius 1 is 1.10 bits per heavy atom. The molecule has 1 aliphatic heterocycles. The lowest BCUT2D eigenvalue weighted by molar-refractivity contribution is 0.0746. The standard InChI is InChI=1S/C23H28ClFN2O3/c1-3-5-14-30-22-18(24)15-17(16-21(22)29-4-2)23(28)27-12-10-26(11-13-27)20-9-7-6-8-19(20)25/h6-9,15-16H,3-5,10-14H2,1-2H3. The van der Waals surface area contributed by atoms with Gasteiger partial charge in [-0.2, -0.15) is 0 Å². The number of hydrogen-bond acceptors (Lipinski definition) is 4. The molecule has 1 heterocycles. The fourth-order valence-electron chi connectivity index (χ4n) is 3.45. The Bertz CT molecular complexity index is 870. The molecule has 0 aliphatic carbocycles. The van der Waals surface area contributed by atoms with Crippen LogP contribution in [0.25, 0.3) is 0 Å². The number of unbranched alkanes of at least 4 members (excludes halogenated alkanes) is 1. The number of anilines is 1. The van der Waals surface area contributed by atoms with Gasteiger partial charge >= 0.3 is 0 Å². The van der Waals surface area contributed by atoms with E-state index in [0.29, 0.717) is 67.2 Å². The first-order valence-electron chi connectivity index (χ1n) is 10.4. The highest BCUT2D eigenvalue weighted by atomic mass is 35.5. The van der Waals surface area contributed by atoms with E-state index in [1.165, 1.54) is 6.07 Å². The van der Waals surface area contributed by atoms with Gasteiger partial charge in [-0.15, -0.1) is 0 Å². The predicted octanol–water partition coefficient (Wildman–Crippen LogP) is 5.02. The van der Waals surface area contributed by atoms with Crippen LogP contribution >= 0.6 is 11.6 Å². The number of carbonyl (C=O) groups is 1. The monoisotopic (exact) mass is 434 g/mol. The van der Waals surface area contributed by atoms with Gasteiger partial charge in [-0.1, -0.05) is 37.1 Å². The van der Waals surface area contributed by atoms with E-state index in [4.69, 9.17) is 21.1 Å². The second-order valence-corrected chi connectivity index (χ2v) is 7.56. The highest BCUT2D eigenvalue weighted by molar-refractivity contribution is 6.32. The van der Waals surface area contributed by atoms with Crippen molar-refractivity contribution in [2.75, 3.05) is 44.3 Å². The Balaban J connectivity index is 1.71.